The highest BCUT2D eigenvalue weighted by atomic mass is 16.5. The number of methoxy groups -OCH3 is 1. The lowest BCUT2D eigenvalue weighted by molar-refractivity contribution is -0.116. The molecule has 7 heteroatoms. The van der Waals surface area contributed by atoms with Gasteiger partial charge in [0.2, 0.25) is 11.8 Å². The fraction of sp³-hybridized carbons (Fsp3) is 0.136. The number of nitrogens with zero attached hydrogens (tertiary/aromatic N) is 2. The number of carbonyl (C=O) groups excluding carboxylic acids is 2. The fourth-order valence-corrected chi connectivity index (χ4v) is 2.62. The first-order valence-electron chi connectivity index (χ1n) is 9.11. The third kappa shape index (κ3) is 6.35. The topological polar surface area (TPSA) is 85.3 Å². The van der Waals surface area contributed by atoms with Gasteiger partial charge in [0.25, 0.3) is 0 Å². The third-order valence-corrected chi connectivity index (χ3v) is 4.11. The average Bonchev–Trinajstić information content (AvgIpc) is 3.25. The number of aromatic nitrogens is 2. The minimum Gasteiger partial charge on any atom is -0.497 e. The van der Waals surface area contributed by atoms with E-state index >= 15 is 0 Å². The summed E-state index contributed by atoms with van der Waals surface area (Å²) >= 11 is 0. The number of amides is 2. The Kier molecular flexibility index (Phi) is 6.78. The summed E-state index contributed by atoms with van der Waals surface area (Å²) in [4.78, 5) is 28.2. The molecule has 0 saturated heterocycles. The quantitative estimate of drug-likeness (QED) is 0.576. The minimum absolute atomic E-state index is 0.110. The molecule has 2 N–H and O–H groups in total. The van der Waals surface area contributed by atoms with Crippen LogP contribution in [0.3, 0.4) is 0 Å². The van der Waals surface area contributed by atoms with Gasteiger partial charge in [-0.05, 0) is 42.0 Å². The van der Waals surface area contributed by atoms with Crippen LogP contribution in [0.15, 0.2) is 73.3 Å². The second-order valence-corrected chi connectivity index (χ2v) is 6.28. The molecule has 0 fully saturated rings. The third-order valence-electron chi connectivity index (χ3n) is 4.11. The van der Waals surface area contributed by atoms with Crippen LogP contribution >= 0.6 is 0 Å². The molecular formula is C22H22N4O3. The van der Waals surface area contributed by atoms with Gasteiger partial charge in [-0.3, -0.25) is 9.59 Å². The zero-order valence-electron chi connectivity index (χ0n) is 16.0. The lowest BCUT2D eigenvalue weighted by atomic mass is 10.2. The molecule has 2 aromatic carbocycles. The Morgan fingerprint density at radius 1 is 1.10 bits per heavy atom. The number of nitrogens with one attached hydrogen (secondary N) is 2. The summed E-state index contributed by atoms with van der Waals surface area (Å²) in [5.74, 6) is 0.390. The minimum atomic E-state index is -0.260. The van der Waals surface area contributed by atoms with E-state index in [4.69, 9.17) is 4.74 Å². The molecule has 7 nitrogen and oxygen atoms in total. The molecule has 2 amide bonds. The first-order chi connectivity index (χ1) is 14.1. The zero-order valence-corrected chi connectivity index (χ0v) is 16.0. The van der Waals surface area contributed by atoms with Crippen molar-refractivity contribution < 1.29 is 14.3 Å². The molecule has 0 bridgehead atoms. The van der Waals surface area contributed by atoms with E-state index in [1.165, 1.54) is 6.08 Å². The number of aryl methyl sites for hydroxylation is 1. The molecule has 3 rings (SSSR count). The number of rotatable bonds is 8. The largest absolute Gasteiger partial charge is 0.497 e. The predicted octanol–water partition coefficient (Wildman–Crippen LogP) is 3.57. The normalized spacial score (nSPS) is 10.7. The maximum atomic E-state index is 12.2. The number of imidazole rings is 1. The summed E-state index contributed by atoms with van der Waals surface area (Å²) in [6, 6.07) is 14.4. The highest BCUT2D eigenvalue weighted by molar-refractivity contribution is 6.02. The Hall–Kier alpha value is -3.87. The van der Waals surface area contributed by atoms with Gasteiger partial charge in [0.15, 0.2) is 0 Å². The number of hydrogen-bond acceptors (Lipinski definition) is 4. The Morgan fingerprint density at radius 3 is 2.55 bits per heavy atom. The monoisotopic (exact) mass is 390 g/mol. The number of hydrogen-bond donors (Lipinski definition) is 2. The van der Waals surface area contributed by atoms with E-state index in [0.29, 0.717) is 24.3 Å². The standard InChI is InChI=1S/C22H22N4O3/c1-29-20-8-5-17(6-9-20)7-10-21(27)24-18-3-2-4-19(15-18)25-22(28)11-13-26-14-12-23-16-26/h2-10,12,14-16H,11,13H2,1H3,(H,24,27)(H,25,28)/b10-7+. The van der Waals surface area contributed by atoms with Crippen molar-refractivity contribution in [2.24, 2.45) is 0 Å². The van der Waals surface area contributed by atoms with Crippen molar-refractivity contribution in [3.8, 4) is 5.75 Å². The van der Waals surface area contributed by atoms with E-state index in [1.807, 2.05) is 35.0 Å². The number of anilines is 2. The van der Waals surface area contributed by atoms with E-state index in [0.717, 1.165) is 11.3 Å². The van der Waals surface area contributed by atoms with Gasteiger partial charge in [-0.2, -0.15) is 0 Å². The van der Waals surface area contributed by atoms with Crippen molar-refractivity contribution in [3.05, 3.63) is 78.9 Å². The molecule has 0 atom stereocenters. The van der Waals surface area contributed by atoms with Crippen molar-refractivity contribution >= 4 is 29.3 Å². The van der Waals surface area contributed by atoms with Crippen LogP contribution in [0.1, 0.15) is 12.0 Å². The Bertz CT molecular complexity index is 980. The first kappa shape index (κ1) is 19.9. The van der Waals surface area contributed by atoms with Gasteiger partial charge < -0.3 is 19.9 Å². The molecule has 3 aromatic rings. The SMILES string of the molecule is COc1ccc(/C=C/C(=O)Nc2cccc(NC(=O)CCn3ccnc3)c2)cc1. The molecule has 1 heterocycles. The van der Waals surface area contributed by atoms with Crippen molar-refractivity contribution in [1.29, 1.82) is 0 Å². The molecule has 0 saturated carbocycles. The second-order valence-electron chi connectivity index (χ2n) is 6.28. The Labute approximate surface area is 169 Å². The zero-order chi connectivity index (χ0) is 20.5. The molecule has 29 heavy (non-hydrogen) atoms. The summed E-state index contributed by atoms with van der Waals surface area (Å²) < 4.78 is 6.95. The lowest BCUT2D eigenvalue weighted by Crippen LogP contribution is -2.14. The molecule has 0 radical (unpaired) electrons. The highest BCUT2D eigenvalue weighted by Gasteiger charge is 2.05. The van der Waals surface area contributed by atoms with Crippen LogP contribution in [0.2, 0.25) is 0 Å². The number of ether oxygens (including phenoxy) is 1. The van der Waals surface area contributed by atoms with Crippen LogP contribution < -0.4 is 15.4 Å². The molecule has 0 unspecified atom stereocenters. The van der Waals surface area contributed by atoms with Gasteiger partial charge in [0.1, 0.15) is 5.75 Å². The maximum absolute atomic E-state index is 12.2. The highest BCUT2D eigenvalue weighted by Crippen LogP contribution is 2.16. The van der Waals surface area contributed by atoms with Gasteiger partial charge in [0, 0.05) is 42.8 Å². The molecule has 0 aliphatic heterocycles. The summed E-state index contributed by atoms with van der Waals surface area (Å²) in [6.07, 6.45) is 8.66. The van der Waals surface area contributed by atoms with Gasteiger partial charge in [-0.1, -0.05) is 18.2 Å². The van der Waals surface area contributed by atoms with Gasteiger partial charge in [-0.15, -0.1) is 0 Å². The summed E-state index contributed by atoms with van der Waals surface area (Å²) in [5, 5.41) is 5.62. The summed E-state index contributed by atoms with van der Waals surface area (Å²) in [5.41, 5.74) is 2.11. The van der Waals surface area contributed by atoms with E-state index < -0.39 is 0 Å². The van der Waals surface area contributed by atoms with Crippen molar-refractivity contribution in [2.45, 2.75) is 13.0 Å². The molecule has 0 spiro atoms. The van der Waals surface area contributed by atoms with Crippen LogP contribution in [0.5, 0.6) is 5.75 Å². The van der Waals surface area contributed by atoms with E-state index in [9.17, 15) is 9.59 Å². The first-order valence-corrected chi connectivity index (χ1v) is 9.11. The summed E-state index contributed by atoms with van der Waals surface area (Å²) in [7, 11) is 1.61. The van der Waals surface area contributed by atoms with Crippen molar-refractivity contribution in [2.75, 3.05) is 17.7 Å². The van der Waals surface area contributed by atoms with E-state index in [-0.39, 0.29) is 11.8 Å². The van der Waals surface area contributed by atoms with Gasteiger partial charge >= 0.3 is 0 Å². The lowest BCUT2D eigenvalue weighted by Gasteiger charge is -2.08. The van der Waals surface area contributed by atoms with Crippen molar-refractivity contribution in [1.82, 2.24) is 9.55 Å². The average molecular weight is 390 g/mol. The Balaban J connectivity index is 1.52. The molecule has 0 aliphatic carbocycles. The summed E-state index contributed by atoms with van der Waals surface area (Å²) in [6.45, 7) is 0.554. The van der Waals surface area contributed by atoms with Crippen LogP contribution in [-0.2, 0) is 16.1 Å². The van der Waals surface area contributed by atoms with Crippen LogP contribution in [0, 0.1) is 0 Å². The maximum Gasteiger partial charge on any atom is 0.248 e. The smallest absolute Gasteiger partial charge is 0.248 e. The number of benzene rings is 2. The van der Waals surface area contributed by atoms with Gasteiger partial charge in [0.05, 0.1) is 13.4 Å². The molecule has 148 valence electrons. The second kappa shape index (κ2) is 9.89. The van der Waals surface area contributed by atoms with Gasteiger partial charge in [-0.25, -0.2) is 4.98 Å². The van der Waals surface area contributed by atoms with E-state index in [1.54, 1.807) is 50.0 Å². The van der Waals surface area contributed by atoms with Crippen LogP contribution in [-0.4, -0.2) is 28.5 Å². The Morgan fingerprint density at radius 2 is 1.86 bits per heavy atom. The van der Waals surface area contributed by atoms with E-state index in [2.05, 4.69) is 15.6 Å². The fourth-order valence-electron chi connectivity index (χ4n) is 2.62. The van der Waals surface area contributed by atoms with Crippen molar-refractivity contribution in [3.63, 3.8) is 0 Å². The van der Waals surface area contributed by atoms with Crippen LogP contribution in [0.25, 0.3) is 6.08 Å². The number of carbonyl (C=O) groups is 2. The molecule has 0 aliphatic rings. The molecule has 1 aromatic heterocycles. The molecular weight excluding hydrogens is 368 g/mol. The van der Waals surface area contributed by atoms with Crippen LogP contribution in [0.4, 0.5) is 11.4 Å². The predicted molar refractivity (Wildman–Crippen MR) is 113 cm³/mol.